The third-order valence-electron chi connectivity index (χ3n) is 4.99. The summed E-state index contributed by atoms with van der Waals surface area (Å²) >= 11 is 0. The number of likely N-dealkylation sites (N-methyl/N-ethyl adjacent to an activating group) is 1. The van der Waals surface area contributed by atoms with Crippen molar-refractivity contribution < 1.29 is 4.79 Å². The number of carbonyl (C=O) groups excluding carboxylic acids is 1. The number of hydrogen-bond donors (Lipinski definition) is 0. The smallest absolute Gasteiger partial charge is 0.230 e. The quantitative estimate of drug-likeness (QED) is 0.733. The molecule has 1 aliphatic rings. The number of aryl methyl sites for hydroxylation is 1. The molecule has 0 saturated carbocycles. The van der Waals surface area contributed by atoms with E-state index >= 15 is 0 Å². The lowest BCUT2D eigenvalue weighted by atomic mass is 9.99. The predicted molar refractivity (Wildman–Crippen MR) is 95.7 cm³/mol. The lowest BCUT2D eigenvalue weighted by Gasteiger charge is -2.22. The molecule has 0 aliphatic heterocycles. The van der Waals surface area contributed by atoms with Crippen LogP contribution in [0.4, 0.5) is 0 Å². The van der Waals surface area contributed by atoms with E-state index in [1.165, 1.54) is 16.5 Å². The van der Waals surface area contributed by atoms with Crippen molar-refractivity contribution in [3.05, 3.63) is 77.6 Å². The highest BCUT2D eigenvalue weighted by molar-refractivity contribution is 5.87. The van der Waals surface area contributed by atoms with Gasteiger partial charge in [0.2, 0.25) is 5.91 Å². The average molecular weight is 316 g/mol. The molecule has 0 fully saturated rings. The third kappa shape index (κ3) is 2.56. The molecule has 1 aliphatic carbocycles. The van der Waals surface area contributed by atoms with E-state index < -0.39 is 0 Å². The van der Waals surface area contributed by atoms with Crippen molar-refractivity contribution in [2.75, 3.05) is 7.05 Å². The highest BCUT2D eigenvalue weighted by atomic mass is 16.2. The van der Waals surface area contributed by atoms with Crippen LogP contribution in [-0.4, -0.2) is 22.8 Å². The molecule has 0 unspecified atom stereocenters. The summed E-state index contributed by atoms with van der Waals surface area (Å²) in [7, 11) is 1.91. The minimum atomic E-state index is 0.00263. The van der Waals surface area contributed by atoms with E-state index in [0.29, 0.717) is 6.54 Å². The number of rotatable bonds is 3. The fourth-order valence-electron chi connectivity index (χ4n) is 3.74. The van der Waals surface area contributed by atoms with E-state index in [1.807, 2.05) is 36.3 Å². The molecule has 24 heavy (non-hydrogen) atoms. The molecule has 3 nitrogen and oxygen atoms in total. The van der Waals surface area contributed by atoms with Gasteiger partial charge >= 0.3 is 0 Å². The number of benzene rings is 2. The van der Waals surface area contributed by atoms with Crippen molar-refractivity contribution in [1.29, 1.82) is 0 Å². The molecule has 0 saturated heterocycles. The van der Waals surface area contributed by atoms with Gasteiger partial charge < -0.3 is 4.90 Å². The van der Waals surface area contributed by atoms with Gasteiger partial charge in [-0.2, -0.15) is 0 Å². The standard InChI is InChI=1S/C21H20N2O/c1-23(14-17-7-4-6-16-13-22-12-11-18(16)17)21(24)20-10-9-15-5-2-3-8-19(15)20/h2-8,11-13,20H,9-10,14H2,1H3/t20-/m1/s1. The Morgan fingerprint density at radius 1 is 1.17 bits per heavy atom. The molecule has 3 aromatic rings. The van der Waals surface area contributed by atoms with Gasteiger partial charge in [-0.15, -0.1) is 0 Å². The van der Waals surface area contributed by atoms with E-state index in [2.05, 4.69) is 35.3 Å². The van der Waals surface area contributed by atoms with Crippen LogP contribution in [-0.2, 0) is 17.8 Å². The Balaban J connectivity index is 1.58. The Morgan fingerprint density at radius 2 is 2.04 bits per heavy atom. The fraction of sp³-hybridized carbons (Fsp3) is 0.238. The third-order valence-corrected chi connectivity index (χ3v) is 4.99. The summed E-state index contributed by atoms with van der Waals surface area (Å²) in [6.45, 7) is 0.624. The van der Waals surface area contributed by atoms with Crippen molar-refractivity contribution in [2.45, 2.75) is 25.3 Å². The number of amides is 1. The predicted octanol–water partition coefficient (Wildman–Crippen LogP) is 3.92. The number of nitrogens with zero attached hydrogens (tertiary/aromatic N) is 2. The molecule has 0 spiro atoms. The number of carbonyl (C=O) groups is 1. The SMILES string of the molecule is CN(Cc1cccc2cnccc12)C(=O)[C@@H]1CCc2ccccc21. The van der Waals surface area contributed by atoms with E-state index in [-0.39, 0.29) is 11.8 Å². The van der Waals surface area contributed by atoms with Crippen molar-refractivity contribution >= 4 is 16.7 Å². The maximum atomic E-state index is 13.0. The summed E-state index contributed by atoms with van der Waals surface area (Å²) in [5.41, 5.74) is 3.69. The van der Waals surface area contributed by atoms with Crippen LogP contribution in [0.5, 0.6) is 0 Å². The molecule has 1 atom stereocenters. The highest BCUT2D eigenvalue weighted by Gasteiger charge is 2.30. The largest absolute Gasteiger partial charge is 0.341 e. The minimum Gasteiger partial charge on any atom is -0.341 e. The lowest BCUT2D eigenvalue weighted by Crippen LogP contribution is -2.30. The molecule has 1 amide bonds. The first-order valence-corrected chi connectivity index (χ1v) is 8.38. The van der Waals surface area contributed by atoms with Gasteiger partial charge in [0.25, 0.3) is 0 Å². The van der Waals surface area contributed by atoms with E-state index in [0.717, 1.165) is 23.8 Å². The lowest BCUT2D eigenvalue weighted by molar-refractivity contribution is -0.132. The molecule has 1 heterocycles. The highest BCUT2D eigenvalue weighted by Crippen LogP contribution is 2.34. The monoisotopic (exact) mass is 316 g/mol. The van der Waals surface area contributed by atoms with Gasteiger partial charge in [-0.05, 0) is 41.0 Å². The Labute approximate surface area is 141 Å². The number of fused-ring (bicyclic) bond motifs is 2. The van der Waals surface area contributed by atoms with Gasteiger partial charge in [-0.3, -0.25) is 9.78 Å². The molecule has 0 N–H and O–H groups in total. The van der Waals surface area contributed by atoms with Gasteiger partial charge in [0.15, 0.2) is 0 Å². The van der Waals surface area contributed by atoms with Crippen LogP contribution in [0.1, 0.15) is 29.0 Å². The Morgan fingerprint density at radius 3 is 2.96 bits per heavy atom. The van der Waals surface area contributed by atoms with Crippen LogP contribution in [0.3, 0.4) is 0 Å². The topological polar surface area (TPSA) is 33.2 Å². The molecule has 120 valence electrons. The van der Waals surface area contributed by atoms with Crippen LogP contribution in [0.25, 0.3) is 10.8 Å². The Hall–Kier alpha value is -2.68. The van der Waals surface area contributed by atoms with Gasteiger partial charge in [0.05, 0.1) is 5.92 Å². The number of hydrogen-bond acceptors (Lipinski definition) is 2. The average Bonchev–Trinajstić information content (AvgIpc) is 3.05. The molecular formula is C21H20N2O. The molecule has 4 rings (SSSR count). The van der Waals surface area contributed by atoms with Gasteiger partial charge in [0.1, 0.15) is 0 Å². The first kappa shape index (κ1) is 14.9. The first-order chi connectivity index (χ1) is 11.7. The molecule has 3 heteroatoms. The summed E-state index contributed by atoms with van der Waals surface area (Å²) < 4.78 is 0. The zero-order valence-electron chi connectivity index (χ0n) is 13.8. The van der Waals surface area contributed by atoms with Crippen LogP contribution in [0.2, 0.25) is 0 Å². The summed E-state index contributed by atoms with van der Waals surface area (Å²) in [6, 6.07) is 16.5. The Bertz CT molecular complexity index is 898. The second kappa shape index (κ2) is 6.08. The van der Waals surface area contributed by atoms with Crippen molar-refractivity contribution in [3.63, 3.8) is 0 Å². The zero-order valence-corrected chi connectivity index (χ0v) is 13.8. The van der Waals surface area contributed by atoms with E-state index in [9.17, 15) is 4.79 Å². The second-order valence-corrected chi connectivity index (χ2v) is 6.50. The maximum Gasteiger partial charge on any atom is 0.230 e. The van der Waals surface area contributed by atoms with Crippen molar-refractivity contribution in [1.82, 2.24) is 9.88 Å². The van der Waals surface area contributed by atoms with Crippen molar-refractivity contribution in [3.8, 4) is 0 Å². The number of aromatic nitrogens is 1. The maximum absolute atomic E-state index is 13.0. The van der Waals surface area contributed by atoms with Gasteiger partial charge in [-0.1, -0.05) is 42.5 Å². The van der Waals surface area contributed by atoms with E-state index in [1.54, 1.807) is 6.20 Å². The summed E-state index contributed by atoms with van der Waals surface area (Å²) in [4.78, 5) is 19.0. The molecule has 1 aromatic heterocycles. The molecule has 0 bridgehead atoms. The second-order valence-electron chi connectivity index (χ2n) is 6.50. The van der Waals surface area contributed by atoms with Crippen LogP contribution in [0, 0.1) is 0 Å². The van der Waals surface area contributed by atoms with Crippen LogP contribution >= 0.6 is 0 Å². The Kier molecular flexibility index (Phi) is 3.77. The van der Waals surface area contributed by atoms with Crippen LogP contribution in [0.15, 0.2) is 60.9 Å². The van der Waals surface area contributed by atoms with Crippen LogP contribution < -0.4 is 0 Å². The fourth-order valence-corrected chi connectivity index (χ4v) is 3.74. The summed E-state index contributed by atoms with van der Waals surface area (Å²) in [6.07, 6.45) is 5.59. The van der Waals surface area contributed by atoms with Gasteiger partial charge in [0, 0.05) is 31.4 Å². The first-order valence-electron chi connectivity index (χ1n) is 8.38. The zero-order chi connectivity index (χ0) is 16.5. The van der Waals surface area contributed by atoms with E-state index in [4.69, 9.17) is 0 Å². The molecular weight excluding hydrogens is 296 g/mol. The summed E-state index contributed by atoms with van der Waals surface area (Å²) in [5.74, 6) is 0.217. The molecule has 0 radical (unpaired) electrons. The summed E-state index contributed by atoms with van der Waals surface area (Å²) in [5, 5.41) is 2.28. The molecule has 2 aromatic carbocycles. The normalized spacial score (nSPS) is 16.1. The van der Waals surface area contributed by atoms with Crippen molar-refractivity contribution in [2.24, 2.45) is 0 Å². The minimum absolute atomic E-state index is 0.00263. The number of pyridine rings is 1. The van der Waals surface area contributed by atoms with Gasteiger partial charge in [-0.25, -0.2) is 0 Å².